The van der Waals surface area contributed by atoms with Crippen LogP contribution in [0.5, 0.6) is 0 Å². The molecular weight excluding hydrogens is 352 g/mol. The van der Waals surface area contributed by atoms with E-state index in [1.165, 1.54) is 18.1 Å². The lowest BCUT2D eigenvalue weighted by Crippen LogP contribution is -2.46. The van der Waals surface area contributed by atoms with E-state index in [0.29, 0.717) is 11.8 Å². The molecule has 26 heavy (non-hydrogen) atoms. The summed E-state index contributed by atoms with van der Waals surface area (Å²) in [5.41, 5.74) is 6.80. The molecule has 1 aliphatic rings. The number of H-pyrrole nitrogens is 1. The molecule has 0 atom stereocenters. The third-order valence-corrected chi connectivity index (χ3v) is 5.07. The number of anilines is 2. The first-order valence-electron chi connectivity index (χ1n) is 8.36. The van der Waals surface area contributed by atoms with Crippen molar-refractivity contribution >= 4 is 23.5 Å². The fraction of sp³-hybridized carbons (Fsp3) is 0.375. The molecule has 0 aromatic carbocycles. The summed E-state index contributed by atoms with van der Waals surface area (Å²) in [4.78, 5) is 17.4. The fourth-order valence-electron chi connectivity index (χ4n) is 2.76. The van der Waals surface area contributed by atoms with E-state index < -0.39 is 0 Å². The minimum atomic E-state index is 0.546. The Balaban J connectivity index is 1.31. The average Bonchev–Trinajstić information content (AvgIpc) is 3.31. The quantitative estimate of drug-likeness (QED) is 0.688. The summed E-state index contributed by atoms with van der Waals surface area (Å²) in [7, 11) is 0. The van der Waals surface area contributed by atoms with Gasteiger partial charge in [0.25, 0.3) is 0 Å². The lowest BCUT2D eigenvalue weighted by Gasteiger charge is -2.34. The summed E-state index contributed by atoms with van der Waals surface area (Å²) in [6.07, 6.45) is 3.26. The van der Waals surface area contributed by atoms with Crippen LogP contribution >= 0.6 is 11.8 Å². The van der Waals surface area contributed by atoms with Crippen molar-refractivity contribution in [1.82, 2.24) is 30.0 Å². The van der Waals surface area contributed by atoms with Gasteiger partial charge in [0.05, 0.1) is 6.54 Å². The minimum Gasteiger partial charge on any atom is -0.453 e. The van der Waals surface area contributed by atoms with Crippen LogP contribution in [0.25, 0.3) is 0 Å². The van der Waals surface area contributed by atoms with Gasteiger partial charge >= 0.3 is 0 Å². The molecule has 3 N–H and O–H groups in total. The highest BCUT2D eigenvalue weighted by molar-refractivity contribution is 7.99. The Morgan fingerprint density at radius 2 is 2.08 bits per heavy atom. The lowest BCUT2D eigenvalue weighted by atomic mass is 10.3. The number of hydrogen-bond donors (Lipinski definition) is 2. The van der Waals surface area contributed by atoms with Crippen LogP contribution in [0.3, 0.4) is 0 Å². The van der Waals surface area contributed by atoms with E-state index in [1.54, 1.807) is 6.20 Å². The SMILES string of the molecule is Cc1cnc(N2CCN(Cc3ccc(Sc4ncn[nH]4)o3)CC2)nc1N. The van der Waals surface area contributed by atoms with Gasteiger partial charge in [0.1, 0.15) is 17.9 Å². The molecule has 0 bridgehead atoms. The van der Waals surface area contributed by atoms with Gasteiger partial charge < -0.3 is 15.1 Å². The molecule has 0 spiro atoms. The number of nitrogens with zero attached hydrogens (tertiary/aromatic N) is 6. The summed E-state index contributed by atoms with van der Waals surface area (Å²) >= 11 is 1.43. The van der Waals surface area contributed by atoms with E-state index in [9.17, 15) is 0 Å². The van der Waals surface area contributed by atoms with E-state index >= 15 is 0 Å². The second-order valence-corrected chi connectivity index (χ2v) is 7.11. The smallest absolute Gasteiger partial charge is 0.227 e. The molecule has 0 saturated carbocycles. The number of hydrogen-bond acceptors (Lipinski definition) is 9. The highest BCUT2D eigenvalue weighted by Gasteiger charge is 2.20. The van der Waals surface area contributed by atoms with Crippen molar-refractivity contribution in [3.63, 3.8) is 0 Å². The van der Waals surface area contributed by atoms with Crippen molar-refractivity contribution < 1.29 is 4.42 Å². The molecular formula is C16H20N8OS. The predicted octanol–water partition coefficient (Wildman–Crippen LogP) is 1.55. The van der Waals surface area contributed by atoms with Gasteiger partial charge in [-0.2, -0.15) is 10.1 Å². The molecule has 3 aromatic heterocycles. The van der Waals surface area contributed by atoms with Gasteiger partial charge in [-0.3, -0.25) is 10.00 Å². The highest BCUT2D eigenvalue weighted by atomic mass is 32.2. The van der Waals surface area contributed by atoms with Gasteiger partial charge in [-0.1, -0.05) is 0 Å². The zero-order chi connectivity index (χ0) is 17.9. The number of aromatic nitrogens is 5. The third kappa shape index (κ3) is 3.81. The van der Waals surface area contributed by atoms with E-state index in [2.05, 4.69) is 34.9 Å². The molecule has 10 heteroatoms. The molecule has 1 saturated heterocycles. The van der Waals surface area contributed by atoms with Crippen LogP contribution in [-0.2, 0) is 6.54 Å². The molecule has 0 amide bonds. The zero-order valence-electron chi connectivity index (χ0n) is 14.4. The fourth-order valence-corrected chi connectivity index (χ4v) is 3.43. The topological polar surface area (TPSA) is 113 Å². The average molecular weight is 372 g/mol. The van der Waals surface area contributed by atoms with Crippen molar-refractivity contribution in [2.24, 2.45) is 0 Å². The summed E-state index contributed by atoms with van der Waals surface area (Å²) in [5.74, 6) is 2.19. The lowest BCUT2D eigenvalue weighted by molar-refractivity contribution is 0.224. The van der Waals surface area contributed by atoms with E-state index in [-0.39, 0.29) is 0 Å². The largest absolute Gasteiger partial charge is 0.453 e. The summed E-state index contributed by atoms with van der Waals surface area (Å²) < 4.78 is 5.88. The first-order chi connectivity index (χ1) is 12.7. The van der Waals surface area contributed by atoms with Crippen molar-refractivity contribution in [1.29, 1.82) is 0 Å². The predicted molar refractivity (Wildman–Crippen MR) is 97.9 cm³/mol. The molecule has 0 unspecified atom stereocenters. The number of aromatic amines is 1. The summed E-state index contributed by atoms with van der Waals surface area (Å²) in [5, 5.41) is 8.16. The summed E-state index contributed by atoms with van der Waals surface area (Å²) in [6.45, 7) is 6.26. The first-order valence-corrected chi connectivity index (χ1v) is 9.17. The van der Waals surface area contributed by atoms with E-state index in [4.69, 9.17) is 10.2 Å². The van der Waals surface area contributed by atoms with Crippen LogP contribution in [0.1, 0.15) is 11.3 Å². The maximum atomic E-state index is 5.89. The molecule has 4 heterocycles. The first kappa shape index (κ1) is 16.9. The second kappa shape index (κ2) is 7.34. The Morgan fingerprint density at radius 3 is 2.81 bits per heavy atom. The van der Waals surface area contributed by atoms with Crippen molar-refractivity contribution in [3.05, 3.63) is 36.0 Å². The zero-order valence-corrected chi connectivity index (χ0v) is 15.2. The van der Waals surface area contributed by atoms with E-state index in [1.807, 2.05) is 19.1 Å². The van der Waals surface area contributed by atoms with Gasteiger partial charge in [-0.15, -0.1) is 0 Å². The number of rotatable bonds is 5. The molecule has 0 radical (unpaired) electrons. The monoisotopic (exact) mass is 372 g/mol. The second-order valence-electron chi connectivity index (χ2n) is 6.11. The number of nitrogens with two attached hydrogens (primary N) is 1. The molecule has 1 aliphatic heterocycles. The number of nitrogen functional groups attached to an aromatic ring is 1. The molecule has 3 aromatic rings. The third-order valence-electron chi connectivity index (χ3n) is 4.26. The molecule has 0 aliphatic carbocycles. The minimum absolute atomic E-state index is 0.546. The van der Waals surface area contributed by atoms with Crippen LogP contribution < -0.4 is 10.6 Å². The Morgan fingerprint density at radius 1 is 1.23 bits per heavy atom. The van der Waals surface area contributed by atoms with Gasteiger partial charge in [0, 0.05) is 37.9 Å². The number of piperazine rings is 1. The van der Waals surface area contributed by atoms with Crippen molar-refractivity contribution in [2.45, 2.75) is 23.7 Å². The number of furan rings is 1. The van der Waals surface area contributed by atoms with Gasteiger partial charge in [-0.05, 0) is 30.8 Å². The van der Waals surface area contributed by atoms with E-state index in [0.717, 1.165) is 54.3 Å². The maximum absolute atomic E-state index is 5.89. The Labute approximate surface area is 155 Å². The molecule has 4 rings (SSSR count). The van der Waals surface area contributed by atoms with Gasteiger partial charge in [-0.25, -0.2) is 9.97 Å². The van der Waals surface area contributed by atoms with Crippen LogP contribution in [0.15, 0.2) is 39.3 Å². The number of nitrogens with one attached hydrogen (secondary N) is 1. The van der Waals surface area contributed by atoms with Crippen LogP contribution in [0.2, 0.25) is 0 Å². The highest BCUT2D eigenvalue weighted by Crippen LogP contribution is 2.26. The maximum Gasteiger partial charge on any atom is 0.227 e. The van der Waals surface area contributed by atoms with Gasteiger partial charge in [0.15, 0.2) is 10.2 Å². The molecule has 9 nitrogen and oxygen atoms in total. The number of aryl methyl sites for hydroxylation is 1. The Bertz CT molecular complexity index is 857. The Kier molecular flexibility index (Phi) is 4.76. The van der Waals surface area contributed by atoms with Crippen molar-refractivity contribution in [2.75, 3.05) is 36.8 Å². The van der Waals surface area contributed by atoms with Crippen LogP contribution in [0, 0.1) is 6.92 Å². The van der Waals surface area contributed by atoms with Crippen LogP contribution in [0.4, 0.5) is 11.8 Å². The molecule has 1 fully saturated rings. The standard InChI is InChI=1S/C16H20N8OS/c1-11-8-18-15(21-14(11)17)24-6-4-23(5-7-24)9-12-2-3-13(25-12)26-16-19-10-20-22-16/h2-3,8,10H,4-7,9H2,1H3,(H2,17,18,21)(H,19,20,22). The van der Waals surface area contributed by atoms with Gasteiger partial charge in [0.2, 0.25) is 5.95 Å². The normalized spacial score (nSPS) is 15.5. The van der Waals surface area contributed by atoms with Crippen LogP contribution in [-0.4, -0.2) is 56.2 Å². The Hall–Kier alpha value is -2.59. The summed E-state index contributed by atoms with van der Waals surface area (Å²) in [6, 6.07) is 3.97. The van der Waals surface area contributed by atoms with Crippen molar-refractivity contribution in [3.8, 4) is 0 Å². The molecule has 136 valence electrons.